The molecule has 0 aromatic rings. The zero-order chi connectivity index (χ0) is 8.20. The second kappa shape index (κ2) is 3.94. The van der Waals surface area contributed by atoms with Crippen LogP contribution in [0.4, 0.5) is 0 Å². The van der Waals surface area contributed by atoms with E-state index < -0.39 is 5.60 Å². The summed E-state index contributed by atoms with van der Waals surface area (Å²) in [4.78, 5) is 0. The molecule has 0 unspecified atom stereocenters. The van der Waals surface area contributed by atoms with Crippen LogP contribution in [0.2, 0.25) is 0 Å². The van der Waals surface area contributed by atoms with Crippen molar-refractivity contribution in [2.45, 2.75) is 51.7 Å². The van der Waals surface area contributed by atoms with Gasteiger partial charge >= 0.3 is 0 Å². The van der Waals surface area contributed by atoms with Gasteiger partial charge in [0.15, 0.2) is 0 Å². The van der Waals surface area contributed by atoms with Crippen LogP contribution in [0.1, 0.15) is 40.0 Å². The lowest BCUT2D eigenvalue weighted by Gasteiger charge is -2.16. The van der Waals surface area contributed by atoms with E-state index in [0.29, 0.717) is 6.04 Å². The van der Waals surface area contributed by atoms with Crippen LogP contribution in [0.25, 0.3) is 0 Å². The summed E-state index contributed by atoms with van der Waals surface area (Å²) in [7, 11) is 0. The molecule has 0 heterocycles. The Balaban J connectivity index is 3.21. The van der Waals surface area contributed by atoms with E-state index in [1.54, 1.807) is 0 Å². The molecule has 0 aromatic heterocycles. The molecule has 2 heteroatoms. The van der Waals surface area contributed by atoms with E-state index in [4.69, 9.17) is 0 Å². The summed E-state index contributed by atoms with van der Waals surface area (Å²) in [5.74, 6) is 0. The molecule has 0 fully saturated rings. The lowest BCUT2D eigenvalue weighted by atomic mass is 10.0. The van der Waals surface area contributed by atoms with Gasteiger partial charge in [0.2, 0.25) is 0 Å². The molecule has 0 aliphatic carbocycles. The first-order chi connectivity index (χ1) is 4.42. The second-order valence-corrected chi connectivity index (χ2v) is 3.81. The van der Waals surface area contributed by atoms with Gasteiger partial charge in [-0.15, -0.1) is 0 Å². The van der Waals surface area contributed by atoms with Crippen molar-refractivity contribution in [3.05, 3.63) is 0 Å². The van der Waals surface area contributed by atoms with Gasteiger partial charge < -0.3 is 10.8 Å². The molecule has 1 atom stereocenters. The highest BCUT2D eigenvalue weighted by Gasteiger charge is 2.11. The molecule has 0 bridgehead atoms. The zero-order valence-electron chi connectivity index (χ0n) is 7.35. The summed E-state index contributed by atoms with van der Waals surface area (Å²) in [6.45, 7) is 5.80. The minimum atomic E-state index is -0.491. The molecule has 0 aliphatic heterocycles. The third-order valence-corrected chi connectivity index (χ3v) is 1.49. The van der Waals surface area contributed by atoms with E-state index in [2.05, 4.69) is 12.7 Å². The van der Waals surface area contributed by atoms with Crippen molar-refractivity contribution in [2.24, 2.45) is 0 Å². The van der Waals surface area contributed by atoms with Crippen LogP contribution >= 0.6 is 0 Å². The molecule has 0 aromatic carbocycles. The molecule has 0 radical (unpaired) electrons. The highest BCUT2D eigenvalue weighted by molar-refractivity contribution is 4.64. The maximum atomic E-state index is 9.31. The summed E-state index contributed by atoms with van der Waals surface area (Å²) >= 11 is 0. The largest absolute Gasteiger partial charge is 0.390 e. The van der Waals surface area contributed by atoms with Crippen molar-refractivity contribution in [3.63, 3.8) is 0 Å². The lowest BCUT2D eigenvalue weighted by Crippen LogP contribution is -2.58. The van der Waals surface area contributed by atoms with Crippen molar-refractivity contribution in [1.29, 1.82) is 0 Å². The summed E-state index contributed by atoms with van der Waals surface area (Å²) in [5.41, 5.74) is 3.39. The summed E-state index contributed by atoms with van der Waals surface area (Å²) in [5, 5.41) is 9.31. The average Bonchev–Trinajstić information content (AvgIpc) is 1.59. The standard InChI is InChI=1S/C8H19NO/c1-7(9)5-4-6-8(2,3)10/h7,10H,4-6,9H2,1-3H3/p+1/t7-/m1/s1. The van der Waals surface area contributed by atoms with Crippen molar-refractivity contribution in [1.82, 2.24) is 0 Å². The average molecular weight is 146 g/mol. The quantitative estimate of drug-likeness (QED) is 0.598. The maximum absolute atomic E-state index is 9.31. The van der Waals surface area contributed by atoms with E-state index in [-0.39, 0.29) is 0 Å². The molecule has 0 saturated carbocycles. The minimum absolute atomic E-state index is 0.491. The summed E-state index contributed by atoms with van der Waals surface area (Å²) in [6, 6.07) is 0.516. The Morgan fingerprint density at radius 3 is 2.30 bits per heavy atom. The first kappa shape index (κ1) is 9.92. The highest BCUT2D eigenvalue weighted by atomic mass is 16.3. The monoisotopic (exact) mass is 146 g/mol. The Labute approximate surface area is 63.4 Å². The molecule has 0 rings (SSSR count). The van der Waals surface area contributed by atoms with Crippen LogP contribution in [-0.2, 0) is 0 Å². The summed E-state index contributed by atoms with van der Waals surface area (Å²) in [6.07, 6.45) is 3.07. The molecule has 62 valence electrons. The fraction of sp³-hybridized carbons (Fsp3) is 1.00. The zero-order valence-corrected chi connectivity index (χ0v) is 7.35. The van der Waals surface area contributed by atoms with Crippen molar-refractivity contribution in [3.8, 4) is 0 Å². The van der Waals surface area contributed by atoms with Crippen molar-refractivity contribution >= 4 is 0 Å². The SMILES string of the molecule is C[C@@H]([NH3+])CCCC(C)(C)O. The molecule has 2 nitrogen and oxygen atoms in total. The fourth-order valence-corrected chi connectivity index (χ4v) is 0.883. The molecule has 0 aliphatic rings. The molecule has 4 N–H and O–H groups in total. The number of rotatable bonds is 4. The Bertz CT molecular complexity index is 83.7. The molecular formula is C8H20NO+. The van der Waals surface area contributed by atoms with E-state index in [0.717, 1.165) is 19.3 Å². The Kier molecular flexibility index (Phi) is 3.91. The lowest BCUT2D eigenvalue weighted by molar-refractivity contribution is -0.415. The van der Waals surface area contributed by atoms with Gasteiger partial charge in [0.25, 0.3) is 0 Å². The summed E-state index contributed by atoms with van der Waals surface area (Å²) < 4.78 is 0. The van der Waals surface area contributed by atoms with Crippen molar-refractivity contribution < 1.29 is 10.8 Å². The predicted molar refractivity (Wildman–Crippen MR) is 42.5 cm³/mol. The van der Waals surface area contributed by atoms with Crippen LogP contribution in [0.3, 0.4) is 0 Å². The number of aliphatic hydroxyl groups is 1. The number of quaternary nitrogens is 1. The van der Waals surface area contributed by atoms with Gasteiger partial charge in [-0.05, 0) is 40.0 Å². The van der Waals surface area contributed by atoms with Crippen LogP contribution in [0.15, 0.2) is 0 Å². The van der Waals surface area contributed by atoms with Crippen LogP contribution in [0, 0.1) is 0 Å². The third kappa shape index (κ3) is 7.92. The Morgan fingerprint density at radius 1 is 1.50 bits per heavy atom. The smallest absolute Gasteiger partial charge is 0.0815 e. The van der Waals surface area contributed by atoms with Gasteiger partial charge in [-0.3, -0.25) is 0 Å². The number of hydrogen-bond acceptors (Lipinski definition) is 1. The first-order valence-electron chi connectivity index (χ1n) is 3.97. The van der Waals surface area contributed by atoms with Gasteiger partial charge in [-0.1, -0.05) is 0 Å². The second-order valence-electron chi connectivity index (χ2n) is 3.81. The number of hydrogen-bond donors (Lipinski definition) is 2. The molecule has 10 heavy (non-hydrogen) atoms. The normalized spacial score (nSPS) is 15.3. The van der Waals surface area contributed by atoms with Gasteiger partial charge in [-0.25, -0.2) is 0 Å². The van der Waals surface area contributed by atoms with Gasteiger partial charge in [-0.2, -0.15) is 0 Å². The first-order valence-corrected chi connectivity index (χ1v) is 3.97. The maximum Gasteiger partial charge on any atom is 0.0815 e. The van der Waals surface area contributed by atoms with Crippen LogP contribution in [-0.4, -0.2) is 16.7 Å². The van der Waals surface area contributed by atoms with Crippen LogP contribution in [0.5, 0.6) is 0 Å². The van der Waals surface area contributed by atoms with E-state index >= 15 is 0 Å². The third-order valence-electron chi connectivity index (χ3n) is 1.49. The predicted octanol–water partition coefficient (Wildman–Crippen LogP) is 0.558. The highest BCUT2D eigenvalue weighted by Crippen LogP contribution is 2.11. The Hall–Kier alpha value is -0.0800. The van der Waals surface area contributed by atoms with Gasteiger partial charge in [0.05, 0.1) is 11.6 Å². The van der Waals surface area contributed by atoms with E-state index in [9.17, 15) is 5.11 Å². The fourth-order valence-electron chi connectivity index (χ4n) is 0.883. The van der Waals surface area contributed by atoms with E-state index in [1.165, 1.54) is 0 Å². The van der Waals surface area contributed by atoms with Crippen LogP contribution < -0.4 is 5.73 Å². The van der Waals surface area contributed by atoms with Gasteiger partial charge in [0.1, 0.15) is 0 Å². The Morgan fingerprint density at radius 2 is 2.00 bits per heavy atom. The topological polar surface area (TPSA) is 47.9 Å². The van der Waals surface area contributed by atoms with Gasteiger partial charge in [0, 0.05) is 0 Å². The molecule has 0 amide bonds. The van der Waals surface area contributed by atoms with E-state index in [1.807, 2.05) is 13.8 Å². The minimum Gasteiger partial charge on any atom is -0.390 e. The molecular weight excluding hydrogens is 126 g/mol. The van der Waals surface area contributed by atoms with Crippen molar-refractivity contribution in [2.75, 3.05) is 0 Å². The molecule has 0 spiro atoms. The molecule has 0 saturated heterocycles.